The van der Waals surface area contributed by atoms with Crippen LogP contribution in [0.5, 0.6) is 0 Å². The number of anilines is 1. The third-order valence-corrected chi connectivity index (χ3v) is 6.00. The van der Waals surface area contributed by atoms with Crippen molar-refractivity contribution in [3.63, 3.8) is 0 Å². The fourth-order valence-electron chi connectivity index (χ4n) is 3.95. The van der Waals surface area contributed by atoms with Gasteiger partial charge in [-0.2, -0.15) is 0 Å². The van der Waals surface area contributed by atoms with Crippen molar-refractivity contribution in [3.8, 4) is 0 Å². The third kappa shape index (κ3) is 4.66. The quantitative estimate of drug-likeness (QED) is 0.650. The average Bonchev–Trinajstić information content (AvgIpc) is 3.03. The second-order valence-electron chi connectivity index (χ2n) is 7.42. The molecule has 2 aliphatic rings. The summed E-state index contributed by atoms with van der Waals surface area (Å²) in [5.41, 5.74) is 1.84. The summed E-state index contributed by atoms with van der Waals surface area (Å²) in [6.45, 7) is 4.29. The standard InChI is InChI=1S/C23H24BrN3O2/c24-19-9-4-10-20(16-19)27-22(28)17-21(23(27)29)26-14-12-25(13-15-26)11-5-8-18-6-2-1-3-7-18/h1-10,16,21H,11-15,17H2. The summed E-state index contributed by atoms with van der Waals surface area (Å²) in [4.78, 5) is 31.4. The van der Waals surface area contributed by atoms with Gasteiger partial charge in [0.25, 0.3) is 5.91 Å². The van der Waals surface area contributed by atoms with E-state index in [0.717, 1.165) is 37.2 Å². The number of amides is 2. The Morgan fingerprint density at radius 1 is 0.966 bits per heavy atom. The van der Waals surface area contributed by atoms with Gasteiger partial charge < -0.3 is 0 Å². The summed E-state index contributed by atoms with van der Waals surface area (Å²) in [5, 5.41) is 0. The SMILES string of the molecule is O=C1CC(N2CCN(CC=Cc3ccccc3)CC2)C(=O)N1c1cccc(Br)c1. The van der Waals surface area contributed by atoms with E-state index < -0.39 is 0 Å². The summed E-state index contributed by atoms with van der Waals surface area (Å²) < 4.78 is 0.858. The number of carbonyl (C=O) groups is 2. The molecule has 29 heavy (non-hydrogen) atoms. The molecule has 4 rings (SSSR count). The van der Waals surface area contributed by atoms with Crippen LogP contribution < -0.4 is 4.90 Å². The first-order chi connectivity index (χ1) is 14.1. The minimum Gasteiger partial charge on any atom is -0.297 e. The lowest BCUT2D eigenvalue weighted by Crippen LogP contribution is -2.52. The van der Waals surface area contributed by atoms with E-state index in [2.05, 4.69) is 50.0 Å². The molecule has 1 atom stereocenters. The van der Waals surface area contributed by atoms with Crippen molar-refractivity contribution in [2.45, 2.75) is 12.5 Å². The smallest absolute Gasteiger partial charge is 0.251 e. The molecule has 150 valence electrons. The Balaban J connectivity index is 1.32. The molecule has 0 N–H and O–H groups in total. The van der Waals surface area contributed by atoms with E-state index in [1.54, 1.807) is 6.07 Å². The number of nitrogens with zero attached hydrogens (tertiary/aromatic N) is 3. The monoisotopic (exact) mass is 453 g/mol. The van der Waals surface area contributed by atoms with Gasteiger partial charge in [0.2, 0.25) is 5.91 Å². The van der Waals surface area contributed by atoms with Crippen LogP contribution in [0.1, 0.15) is 12.0 Å². The number of halogens is 1. The van der Waals surface area contributed by atoms with Crippen LogP contribution in [-0.4, -0.2) is 60.4 Å². The number of benzene rings is 2. The largest absolute Gasteiger partial charge is 0.297 e. The highest BCUT2D eigenvalue weighted by molar-refractivity contribution is 9.10. The zero-order chi connectivity index (χ0) is 20.2. The maximum Gasteiger partial charge on any atom is 0.251 e. The van der Waals surface area contributed by atoms with Crippen molar-refractivity contribution >= 4 is 39.5 Å². The number of piperazine rings is 1. The van der Waals surface area contributed by atoms with Crippen LogP contribution in [0.4, 0.5) is 5.69 Å². The molecule has 0 saturated carbocycles. The predicted molar refractivity (Wildman–Crippen MR) is 119 cm³/mol. The Bertz CT molecular complexity index is 907. The van der Waals surface area contributed by atoms with Gasteiger partial charge in [0.15, 0.2) is 0 Å². The maximum atomic E-state index is 13.0. The zero-order valence-electron chi connectivity index (χ0n) is 16.2. The third-order valence-electron chi connectivity index (χ3n) is 5.51. The van der Waals surface area contributed by atoms with Crippen LogP contribution in [0.3, 0.4) is 0 Å². The first-order valence-electron chi connectivity index (χ1n) is 9.92. The molecular formula is C23H24BrN3O2. The Morgan fingerprint density at radius 3 is 2.45 bits per heavy atom. The normalized spacial score (nSPS) is 21.4. The lowest BCUT2D eigenvalue weighted by molar-refractivity contribution is -0.123. The molecule has 2 aromatic carbocycles. The average molecular weight is 454 g/mol. The van der Waals surface area contributed by atoms with Gasteiger partial charge in [0, 0.05) is 37.2 Å². The molecule has 2 heterocycles. The van der Waals surface area contributed by atoms with Gasteiger partial charge in [0.05, 0.1) is 18.2 Å². The second kappa shape index (κ2) is 9.03. The minimum atomic E-state index is -0.344. The van der Waals surface area contributed by atoms with Crippen LogP contribution >= 0.6 is 15.9 Å². The molecule has 0 aromatic heterocycles. The number of hydrogen-bond donors (Lipinski definition) is 0. The van der Waals surface area contributed by atoms with Crippen molar-refractivity contribution in [3.05, 3.63) is 70.7 Å². The molecule has 6 heteroatoms. The Kier molecular flexibility index (Phi) is 6.23. The van der Waals surface area contributed by atoms with Crippen LogP contribution in [0.2, 0.25) is 0 Å². The van der Waals surface area contributed by atoms with Crippen molar-refractivity contribution < 1.29 is 9.59 Å². The summed E-state index contributed by atoms with van der Waals surface area (Å²) in [7, 11) is 0. The van der Waals surface area contributed by atoms with Crippen LogP contribution in [-0.2, 0) is 9.59 Å². The Morgan fingerprint density at radius 2 is 1.72 bits per heavy atom. The van der Waals surface area contributed by atoms with Gasteiger partial charge in [-0.15, -0.1) is 0 Å². The van der Waals surface area contributed by atoms with Crippen LogP contribution in [0, 0.1) is 0 Å². The second-order valence-corrected chi connectivity index (χ2v) is 8.33. The Hall–Kier alpha value is -2.28. The van der Waals surface area contributed by atoms with Crippen molar-refractivity contribution in [1.82, 2.24) is 9.80 Å². The molecule has 0 radical (unpaired) electrons. The van der Waals surface area contributed by atoms with Gasteiger partial charge in [-0.3, -0.25) is 19.4 Å². The van der Waals surface area contributed by atoms with Gasteiger partial charge in [-0.25, -0.2) is 4.90 Å². The van der Waals surface area contributed by atoms with E-state index in [4.69, 9.17) is 0 Å². The molecule has 2 saturated heterocycles. The van der Waals surface area contributed by atoms with E-state index in [1.807, 2.05) is 36.4 Å². The summed E-state index contributed by atoms with van der Waals surface area (Å²) in [6, 6.07) is 17.3. The zero-order valence-corrected chi connectivity index (χ0v) is 17.8. The highest BCUT2D eigenvalue weighted by Crippen LogP contribution is 2.28. The molecule has 2 fully saturated rings. The van der Waals surface area contributed by atoms with Crippen molar-refractivity contribution in [1.29, 1.82) is 0 Å². The lowest BCUT2D eigenvalue weighted by atomic mass is 10.1. The molecule has 2 amide bonds. The first kappa shape index (κ1) is 20.0. The Labute approximate surface area is 179 Å². The molecule has 5 nitrogen and oxygen atoms in total. The number of rotatable bonds is 5. The summed E-state index contributed by atoms with van der Waals surface area (Å²) >= 11 is 3.41. The van der Waals surface area contributed by atoms with Crippen molar-refractivity contribution in [2.75, 3.05) is 37.6 Å². The topological polar surface area (TPSA) is 43.9 Å². The van der Waals surface area contributed by atoms with Gasteiger partial charge >= 0.3 is 0 Å². The number of imide groups is 1. The number of carbonyl (C=O) groups excluding carboxylic acids is 2. The predicted octanol–water partition coefficient (Wildman–Crippen LogP) is 3.41. The van der Waals surface area contributed by atoms with Crippen LogP contribution in [0.25, 0.3) is 6.08 Å². The highest BCUT2D eigenvalue weighted by Gasteiger charge is 2.43. The molecule has 0 bridgehead atoms. The van der Waals surface area contributed by atoms with Gasteiger partial charge in [-0.1, -0.05) is 64.5 Å². The summed E-state index contributed by atoms with van der Waals surface area (Å²) in [6.07, 6.45) is 4.59. The molecule has 2 aromatic rings. The number of hydrogen-bond acceptors (Lipinski definition) is 4. The maximum absolute atomic E-state index is 13.0. The van der Waals surface area contributed by atoms with E-state index in [-0.39, 0.29) is 24.3 Å². The minimum absolute atomic E-state index is 0.106. The molecule has 0 aliphatic carbocycles. The highest BCUT2D eigenvalue weighted by atomic mass is 79.9. The van der Waals surface area contributed by atoms with Crippen LogP contribution in [0.15, 0.2) is 65.1 Å². The van der Waals surface area contributed by atoms with Gasteiger partial charge in [-0.05, 0) is 23.8 Å². The molecule has 1 unspecified atom stereocenters. The summed E-state index contributed by atoms with van der Waals surface area (Å²) in [5.74, 6) is -0.225. The van der Waals surface area contributed by atoms with E-state index >= 15 is 0 Å². The van der Waals surface area contributed by atoms with E-state index in [0.29, 0.717) is 5.69 Å². The fourth-order valence-corrected chi connectivity index (χ4v) is 4.33. The van der Waals surface area contributed by atoms with Gasteiger partial charge in [0.1, 0.15) is 0 Å². The van der Waals surface area contributed by atoms with E-state index in [9.17, 15) is 9.59 Å². The molecule has 0 spiro atoms. The van der Waals surface area contributed by atoms with E-state index in [1.165, 1.54) is 10.5 Å². The van der Waals surface area contributed by atoms with Crippen molar-refractivity contribution in [2.24, 2.45) is 0 Å². The fraction of sp³-hybridized carbons (Fsp3) is 0.304. The first-order valence-corrected chi connectivity index (χ1v) is 10.7. The molecular weight excluding hydrogens is 430 g/mol. The lowest BCUT2D eigenvalue weighted by Gasteiger charge is -2.36. The molecule has 2 aliphatic heterocycles.